The third-order valence-electron chi connectivity index (χ3n) is 2.31. The van der Waals surface area contributed by atoms with E-state index in [0.717, 1.165) is 13.0 Å². The molecule has 2 heterocycles. The Labute approximate surface area is 76.2 Å². The molecule has 1 aromatic rings. The van der Waals surface area contributed by atoms with Crippen LogP contribution >= 0.6 is 11.8 Å². The lowest BCUT2D eigenvalue weighted by Crippen LogP contribution is -1.88. The molecule has 0 bridgehead atoms. The highest BCUT2D eigenvalue weighted by atomic mass is 32.2. The maximum atomic E-state index is 8.82. The van der Waals surface area contributed by atoms with Crippen molar-refractivity contribution in [2.24, 2.45) is 0 Å². The number of nitrogens with zero attached hydrogens (tertiary/aromatic N) is 2. The molecular formula is C9H10N2S. The third-order valence-corrected chi connectivity index (χ3v) is 3.01. The molecular weight excluding hydrogens is 168 g/mol. The summed E-state index contributed by atoms with van der Waals surface area (Å²) in [5.41, 5.74) is 1.20. The van der Waals surface area contributed by atoms with Crippen LogP contribution in [0.5, 0.6) is 0 Å². The second kappa shape index (κ2) is 2.87. The van der Waals surface area contributed by atoms with Gasteiger partial charge in [0.1, 0.15) is 0 Å². The van der Waals surface area contributed by atoms with Crippen molar-refractivity contribution in [3.05, 3.63) is 18.0 Å². The zero-order valence-corrected chi connectivity index (χ0v) is 7.77. The molecule has 1 atom stereocenters. The molecule has 0 aromatic carbocycles. The van der Waals surface area contributed by atoms with Crippen LogP contribution in [-0.2, 0) is 6.54 Å². The highest BCUT2D eigenvalue weighted by Crippen LogP contribution is 2.31. The van der Waals surface area contributed by atoms with E-state index in [1.165, 1.54) is 10.6 Å². The summed E-state index contributed by atoms with van der Waals surface area (Å²) < 4.78 is 2.19. The molecule has 3 heteroatoms. The Morgan fingerprint density at radius 2 is 2.58 bits per heavy atom. The van der Waals surface area contributed by atoms with Crippen LogP contribution in [0.15, 0.2) is 17.2 Å². The van der Waals surface area contributed by atoms with Gasteiger partial charge in [0.15, 0.2) is 0 Å². The summed E-state index contributed by atoms with van der Waals surface area (Å²) in [7, 11) is 0. The van der Waals surface area contributed by atoms with Crippen LogP contribution in [-0.4, -0.2) is 10.8 Å². The van der Waals surface area contributed by atoms with Crippen LogP contribution in [0.25, 0.3) is 0 Å². The molecule has 0 saturated heterocycles. The van der Waals surface area contributed by atoms with Gasteiger partial charge in [-0.15, -0.1) is 11.8 Å². The van der Waals surface area contributed by atoms with Crippen LogP contribution in [0, 0.1) is 11.3 Å². The summed E-state index contributed by atoms with van der Waals surface area (Å²) in [6.45, 7) is 1.01. The van der Waals surface area contributed by atoms with Gasteiger partial charge in [-0.2, -0.15) is 5.26 Å². The maximum absolute atomic E-state index is 8.82. The molecule has 1 aromatic heterocycles. The van der Waals surface area contributed by atoms with Crippen molar-refractivity contribution in [1.29, 1.82) is 5.26 Å². The van der Waals surface area contributed by atoms with Crippen molar-refractivity contribution in [3.63, 3.8) is 0 Å². The van der Waals surface area contributed by atoms with Crippen molar-refractivity contribution in [2.75, 3.05) is 6.26 Å². The fraction of sp³-hybridized carbons (Fsp3) is 0.444. The summed E-state index contributed by atoms with van der Waals surface area (Å²) in [5, 5.41) is 8.82. The predicted octanol–water partition coefficient (Wildman–Crippen LogP) is 2.22. The number of hydrogen-bond acceptors (Lipinski definition) is 2. The van der Waals surface area contributed by atoms with Crippen molar-refractivity contribution in [1.82, 2.24) is 4.57 Å². The number of thioether (sulfide) groups is 1. The lowest BCUT2D eigenvalue weighted by atomic mass is 10.1. The largest absolute Gasteiger partial charge is 0.349 e. The Balaban J connectivity index is 2.39. The van der Waals surface area contributed by atoms with E-state index in [0.29, 0.717) is 0 Å². The fourth-order valence-electron chi connectivity index (χ4n) is 1.65. The molecule has 0 aliphatic carbocycles. The minimum absolute atomic E-state index is 0.130. The first-order valence-corrected chi connectivity index (χ1v) is 5.21. The normalized spacial score (nSPS) is 20.5. The van der Waals surface area contributed by atoms with Gasteiger partial charge in [-0.3, -0.25) is 0 Å². The average molecular weight is 178 g/mol. The third kappa shape index (κ3) is 1.03. The number of rotatable bonds is 1. The van der Waals surface area contributed by atoms with Crippen LogP contribution in [0.4, 0.5) is 0 Å². The van der Waals surface area contributed by atoms with E-state index in [-0.39, 0.29) is 5.92 Å². The molecule has 0 amide bonds. The topological polar surface area (TPSA) is 28.7 Å². The van der Waals surface area contributed by atoms with Crippen molar-refractivity contribution < 1.29 is 0 Å². The van der Waals surface area contributed by atoms with Crippen LogP contribution in [0.1, 0.15) is 18.0 Å². The van der Waals surface area contributed by atoms with E-state index in [4.69, 9.17) is 5.26 Å². The molecule has 0 radical (unpaired) electrons. The van der Waals surface area contributed by atoms with Crippen molar-refractivity contribution in [2.45, 2.75) is 23.8 Å². The first kappa shape index (κ1) is 7.75. The predicted molar refractivity (Wildman–Crippen MR) is 49.2 cm³/mol. The van der Waals surface area contributed by atoms with E-state index < -0.39 is 0 Å². The number of aryl methyl sites for hydroxylation is 1. The van der Waals surface area contributed by atoms with Crippen LogP contribution in [0.3, 0.4) is 0 Å². The summed E-state index contributed by atoms with van der Waals surface area (Å²) >= 11 is 1.74. The highest BCUT2D eigenvalue weighted by molar-refractivity contribution is 7.98. The zero-order valence-electron chi connectivity index (χ0n) is 6.95. The minimum Gasteiger partial charge on any atom is -0.349 e. The summed E-state index contributed by atoms with van der Waals surface area (Å²) in [4.78, 5) is 1.27. The Hall–Kier alpha value is -0.880. The second-order valence-corrected chi connectivity index (χ2v) is 3.85. The Kier molecular flexibility index (Phi) is 1.86. The average Bonchev–Trinajstić information content (AvgIpc) is 2.61. The minimum atomic E-state index is 0.130. The molecule has 62 valence electrons. The van der Waals surface area contributed by atoms with Crippen molar-refractivity contribution >= 4 is 11.8 Å². The monoisotopic (exact) mass is 178 g/mol. The van der Waals surface area contributed by atoms with Gasteiger partial charge in [-0.1, -0.05) is 0 Å². The Morgan fingerprint density at radius 1 is 1.75 bits per heavy atom. The molecule has 1 aliphatic heterocycles. The maximum Gasteiger partial charge on any atom is 0.0882 e. The molecule has 1 unspecified atom stereocenters. The van der Waals surface area contributed by atoms with Gasteiger partial charge in [0.2, 0.25) is 0 Å². The van der Waals surface area contributed by atoms with E-state index >= 15 is 0 Å². The molecule has 0 spiro atoms. The Bertz CT molecular complexity index is 335. The van der Waals surface area contributed by atoms with E-state index in [1.807, 2.05) is 0 Å². The summed E-state index contributed by atoms with van der Waals surface area (Å²) in [6.07, 6.45) is 5.18. The van der Waals surface area contributed by atoms with E-state index in [2.05, 4.69) is 29.2 Å². The molecule has 2 rings (SSSR count). The smallest absolute Gasteiger partial charge is 0.0882 e. The molecule has 2 nitrogen and oxygen atoms in total. The standard InChI is InChI=1S/C9H10N2S/c1-12-8-4-9-7(5-10)2-3-11(9)6-8/h4,6-7H,2-3H2,1H3. The van der Waals surface area contributed by atoms with Crippen LogP contribution in [0.2, 0.25) is 0 Å². The van der Waals surface area contributed by atoms with Gasteiger partial charge in [0, 0.05) is 23.3 Å². The first-order valence-electron chi connectivity index (χ1n) is 3.99. The lowest BCUT2D eigenvalue weighted by molar-refractivity contribution is 0.729. The van der Waals surface area contributed by atoms with Gasteiger partial charge in [-0.25, -0.2) is 0 Å². The van der Waals surface area contributed by atoms with Gasteiger partial charge < -0.3 is 4.57 Å². The van der Waals surface area contributed by atoms with E-state index in [1.54, 1.807) is 11.8 Å². The van der Waals surface area contributed by atoms with E-state index in [9.17, 15) is 0 Å². The first-order chi connectivity index (χ1) is 5.85. The van der Waals surface area contributed by atoms with Crippen molar-refractivity contribution in [3.8, 4) is 6.07 Å². The quantitative estimate of drug-likeness (QED) is 0.617. The zero-order chi connectivity index (χ0) is 8.55. The molecule has 1 aliphatic rings. The number of aromatic nitrogens is 1. The van der Waals surface area contributed by atoms with Gasteiger partial charge >= 0.3 is 0 Å². The second-order valence-electron chi connectivity index (χ2n) is 2.97. The summed E-state index contributed by atoms with van der Waals surface area (Å²) in [6, 6.07) is 4.46. The number of fused-ring (bicyclic) bond motifs is 1. The number of hydrogen-bond donors (Lipinski definition) is 0. The van der Waals surface area contributed by atoms with Gasteiger partial charge in [-0.05, 0) is 18.7 Å². The SMILES string of the molecule is CSc1cc2n(c1)CCC2C#N. The molecule has 0 saturated carbocycles. The van der Waals surface area contributed by atoms with Gasteiger partial charge in [0.25, 0.3) is 0 Å². The molecule has 0 fully saturated rings. The highest BCUT2D eigenvalue weighted by Gasteiger charge is 2.22. The molecule has 12 heavy (non-hydrogen) atoms. The summed E-state index contributed by atoms with van der Waals surface area (Å²) in [5.74, 6) is 0.130. The molecule has 0 N–H and O–H groups in total. The lowest BCUT2D eigenvalue weighted by Gasteiger charge is -1.94. The van der Waals surface area contributed by atoms with Crippen LogP contribution < -0.4 is 0 Å². The Morgan fingerprint density at radius 3 is 3.25 bits per heavy atom. The van der Waals surface area contributed by atoms with Gasteiger partial charge in [0.05, 0.1) is 12.0 Å². The number of nitriles is 1. The fourth-order valence-corrected chi connectivity index (χ4v) is 2.12.